The van der Waals surface area contributed by atoms with Gasteiger partial charge in [-0.05, 0) is 29.6 Å². The molecule has 3 aromatic rings. The molecule has 1 aliphatic heterocycles. The van der Waals surface area contributed by atoms with Gasteiger partial charge in [-0.25, -0.2) is 4.98 Å². The number of carbonyl (C=O) groups is 1. The summed E-state index contributed by atoms with van der Waals surface area (Å²) >= 11 is 1.19. The largest absolute Gasteiger partial charge is 0.334 e. The first kappa shape index (κ1) is 17.8. The minimum Gasteiger partial charge on any atom is -0.334 e. The molecule has 5 nitrogen and oxygen atoms in total. The predicted molar refractivity (Wildman–Crippen MR) is 107 cm³/mol. The van der Waals surface area contributed by atoms with Crippen molar-refractivity contribution in [3.8, 4) is 0 Å². The molecule has 2 heterocycles. The highest BCUT2D eigenvalue weighted by molar-refractivity contribution is 7.07. The second kappa shape index (κ2) is 7.98. The van der Waals surface area contributed by atoms with Crippen LogP contribution in [0.2, 0.25) is 0 Å². The topological polar surface area (TPSA) is 49.3 Å². The van der Waals surface area contributed by atoms with Crippen molar-refractivity contribution in [3.63, 3.8) is 0 Å². The van der Waals surface area contributed by atoms with Gasteiger partial charge in [0.25, 0.3) is 5.91 Å². The molecule has 27 heavy (non-hydrogen) atoms. The molecular formula is C21H22N4OS. The normalized spacial score (nSPS) is 15.3. The van der Waals surface area contributed by atoms with E-state index in [-0.39, 0.29) is 11.9 Å². The molecule has 1 amide bonds. The summed E-state index contributed by atoms with van der Waals surface area (Å²) in [4.78, 5) is 21.2. The molecule has 0 radical (unpaired) electrons. The van der Waals surface area contributed by atoms with Crippen LogP contribution in [0.4, 0.5) is 0 Å². The van der Waals surface area contributed by atoms with E-state index in [9.17, 15) is 4.79 Å². The zero-order valence-corrected chi connectivity index (χ0v) is 16.1. The van der Waals surface area contributed by atoms with E-state index >= 15 is 0 Å². The lowest BCUT2D eigenvalue weighted by atomic mass is 9.96. The molecule has 0 unspecified atom stereocenters. The van der Waals surface area contributed by atoms with Crippen molar-refractivity contribution < 1.29 is 4.79 Å². The third-order valence-corrected chi connectivity index (χ3v) is 5.70. The quantitative estimate of drug-likeness (QED) is 0.698. The fourth-order valence-corrected chi connectivity index (χ4v) is 4.23. The van der Waals surface area contributed by atoms with Crippen molar-refractivity contribution in [3.05, 3.63) is 82.6 Å². The van der Waals surface area contributed by atoms with Crippen LogP contribution in [0.3, 0.4) is 0 Å². The number of aromatic nitrogens is 2. The van der Waals surface area contributed by atoms with Gasteiger partial charge in [0.15, 0.2) is 0 Å². The van der Waals surface area contributed by atoms with Crippen LogP contribution in [-0.2, 0) is 0 Å². The van der Waals surface area contributed by atoms with Crippen molar-refractivity contribution >= 4 is 17.4 Å². The highest BCUT2D eigenvalue weighted by Crippen LogP contribution is 2.29. The fraction of sp³-hybridized carbons (Fsp3) is 0.286. The van der Waals surface area contributed by atoms with Gasteiger partial charge >= 0.3 is 0 Å². The Kier molecular flexibility index (Phi) is 5.27. The Labute approximate surface area is 163 Å². The van der Waals surface area contributed by atoms with Gasteiger partial charge in [-0.3, -0.25) is 9.69 Å². The van der Waals surface area contributed by atoms with Gasteiger partial charge in [-0.1, -0.05) is 60.7 Å². The highest BCUT2D eigenvalue weighted by Gasteiger charge is 2.29. The van der Waals surface area contributed by atoms with E-state index in [1.807, 2.05) is 24.0 Å². The summed E-state index contributed by atoms with van der Waals surface area (Å²) in [6.45, 7) is 4.88. The van der Waals surface area contributed by atoms with Gasteiger partial charge in [-0.15, -0.1) is 0 Å². The lowest BCUT2D eigenvalue weighted by Gasteiger charge is -2.39. The SMILES string of the molecule is Cc1nsc(C(=O)N2CCN(C(c3ccccc3)c3ccccc3)CC2)n1. The molecule has 1 aliphatic rings. The zero-order chi connectivity index (χ0) is 18.6. The summed E-state index contributed by atoms with van der Waals surface area (Å²) in [6.07, 6.45) is 0. The van der Waals surface area contributed by atoms with Gasteiger partial charge in [0, 0.05) is 26.2 Å². The van der Waals surface area contributed by atoms with Crippen LogP contribution in [0.5, 0.6) is 0 Å². The average Bonchev–Trinajstić information content (AvgIpc) is 3.16. The van der Waals surface area contributed by atoms with Crippen LogP contribution in [-0.4, -0.2) is 51.2 Å². The molecule has 6 heteroatoms. The summed E-state index contributed by atoms with van der Waals surface area (Å²) in [7, 11) is 0. The molecular weight excluding hydrogens is 356 g/mol. The molecule has 0 aliphatic carbocycles. The van der Waals surface area contributed by atoms with Crippen molar-refractivity contribution in [2.24, 2.45) is 0 Å². The number of nitrogens with zero attached hydrogens (tertiary/aromatic N) is 4. The van der Waals surface area contributed by atoms with E-state index in [0.29, 0.717) is 23.9 Å². The molecule has 1 saturated heterocycles. The van der Waals surface area contributed by atoms with Crippen molar-refractivity contribution in [2.45, 2.75) is 13.0 Å². The number of aryl methyl sites for hydroxylation is 1. The maximum Gasteiger partial charge on any atom is 0.284 e. The molecule has 138 valence electrons. The average molecular weight is 379 g/mol. The van der Waals surface area contributed by atoms with Crippen LogP contribution in [0.1, 0.15) is 32.8 Å². The van der Waals surface area contributed by atoms with Crippen LogP contribution >= 0.6 is 11.5 Å². The molecule has 2 aromatic carbocycles. The molecule has 0 saturated carbocycles. The highest BCUT2D eigenvalue weighted by atomic mass is 32.1. The van der Waals surface area contributed by atoms with Gasteiger partial charge < -0.3 is 4.90 Å². The summed E-state index contributed by atoms with van der Waals surface area (Å²) in [5.74, 6) is 0.659. The molecule has 0 atom stereocenters. The van der Waals surface area contributed by atoms with Gasteiger partial charge in [0.1, 0.15) is 5.82 Å². The monoisotopic (exact) mass is 378 g/mol. The van der Waals surface area contributed by atoms with Crippen LogP contribution < -0.4 is 0 Å². The summed E-state index contributed by atoms with van der Waals surface area (Å²) in [5.41, 5.74) is 2.56. The first-order chi connectivity index (χ1) is 13.2. The standard InChI is InChI=1S/C21H22N4OS/c1-16-22-20(27-23-16)21(26)25-14-12-24(13-15-25)19(17-8-4-2-5-9-17)18-10-6-3-7-11-18/h2-11,19H,12-15H2,1H3. The molecule has 0 spiro atoms. The lowest BCUT2D eigenvalue weighted by Crippen LogP contribution is -2.49. The first-order valence-corrected chi connectivity index (χ1v) is 9.93. The number of amides is 1. The zero-order valence-electron chi connectivity index (χ0n) is 15.3. The van der Waals surface area contributed by atoms with Crippen LogP contribution in [0, 0.1) is 6.92 Å². The van der Waals surface area contributed by atoms with E-state index in [1.54, 1.807) is 0 Å². The van der Waals surface area contributed by atoms with Gasteiger partial charge in [0.2, 0.25) is 5.01 Å². The predicted octanol–water partition coefficient (Wildman–Crippen LogP) is 3.39. The fourth-order valence-electron chi connectivity index (χ4n) is 3.59. The van der Waals surface area contributed by atoms with Crippen LogP contribution in [0.15, 0.2) is 60.7 Å². The summed E-state index contributed by atoms with van der Waals surface area (Å²) < 4.78 is 4.13. The van der Waals surface area contributed by atoms with E-state index in [2.05, 4.69) is 62.8 Å². The number of carbonyl (C=O) groups excluding carboxylic acids is 1. The molecule has 1 aromatic heterocycles. The summed E-state index contributed by atoms with van der Waals surface area (Å²) in [6, 6.07) is 21.4. The Hall–Kier alpha value is -2.57. The van der Waals surface area contributed by atoms with E-state index < -0.39 is 0 Å². The van der Waals surface area contributed by atoms with Crippen LogP contribution in [0.25, 0.3) is 0 Å². The number of benzene rings is 2. The van der Waals surface area contributed by atoms with E-state index in [4.69, 9.17) is 0 Å². The number of hydrogen-bond acceptors (Lipinski definition) is 5. The van der Waals surface area contributed by atoms with Crippen molar-refractivity contribution in [2.75, 3.05) is 26.2 Å². The Morgan fingerprint density at radius 2 is 1.48 bits per heavy atom. The Morgan fingerprint density at radius 3 is 1.96 bits per heavy atom. The number of piperazine rings is 1. The van der Waals surface area contributed by atoms with Gasteiger partial charge in [-0.2, -0.15) is 4.37 Å². The lowest BCUT2D eigenvalue weighted by molar-refractivity contribution is 0.0597. The molecule has 0 N–H and O–H groups in total. The third-order valence-electron chi connectivity index (χ3n) is 4.91. The maximum absolute atomic E-state index is 12.6. The minimum absolute atomic E-state index is 0.00350. The first-order valence-electron chi connectivity index (χ1n) is 9.16. The third kappa shape index (κ3) is 3.91. The molecule has 4 rings (SSSR count). The van der Waals surface area contributed by atoms with Crippen molar-refractivity contribution in [1.29, 1.82) is 0 Å². The Bertz CT molecular complexity index is 849. The number of hydrogen-bond donors (Lipinski definition) is 0. The second-order valence-corrected chi connectivity index (χ2v) is 7.45. The smallest absolute Gasteiger partial charge is 0.284 e. The van der Waals surface area contributed by atoms with E-state index in [0.717, 1.165) is 13.1 Å². The number of rotatable bonds is 4. The Balaban J connectivity index is 1.51. The maximum atomic E-state index is 12.6. The minimum atomic E-state index is -0.00350. The summed E-state index contributed by atoms with van der Waals surface area (Å²) in [5, 5.41) is 0.489. The molecule has 0 bridgehead atoms. The molecule has 1 fully saturated rings. The Morgan fingerprint density at radius 1 is 0.926 bits per heavy atom. The van der Waals surface area contributed by atoms with Crippen molar-refractivity contribution in [1.82, 2.24) is 19.2 Å². The second-order valence-electron chi connectivity index (χ2n) is 6.70. The van der Waals surface area contributed by atoms with Gasteiger partial charge in [0.05, 0.1) is 6.04 Å². The van der Waals surface area contributed by atoms with E-state index in [1.165, 1.54) is 22.7 Å².